The molecule has 0 bridgehead atoms. The van der Waals surface area contributed by atoms with Gasteiger partial charge in [-0.3, -0.25) is 5.09 Å². The second kappa shape index (κ2) is 9.35. The molecule has 2 aromatic carbocycles. The van der Waals surface area contributed by atoms with Gasteiger partial charge < -0.3 is 0 Å². The van der Waals surface area contributed by atoms with Gasteiger partial charge >= 0.3 is 0 Å². The van der Waals surface area contributed by atoms with Gasteiger partial charge in [-0.15, -0.1) is 0 Å². The minimum absolute atomic E-state index is 0.873. The predicted octanol–water partition coefficient (Wildman–Crippen LogP) is 4.33. The van der Waals surface area contributed by atoms with Gasteiger partial charge in [-0.2, -0.15) is 0 Å². The smallest absolute Gasteiger partial charge is 0.0245 e. The van der Waals surface area contributed by atoms with Crippen LogP contribution >= 0.6 is 9.39 Å². The number of unbranched alkanes of at least 4 members (excludes halogenated alkanes) is 2. The van der Waals surface area contributed by atoms with E-state index in [0.717, 1.165) is 31.4 Å². The number of benzene rings is 2. The van der Waals surface area contributed by atoms with Crippen molar-refractivity contribution in [1.29, 1.82) is 0 Å². The van der Waals surface area contributed by atoms with Crippen molar-refractivity contribution in [2.75, 3.05) is 0 Å². The first-order chi connectivity index (χ1) is 10.4. The second-order valence-electron chi connectivity index (χ2n) is 5.07. The lowest BCUT2D eigenvalue weighted by atomic mass is 10.1. The number of hydrogen-bond acceptors (Lipinski definition) is 1. The molecule has 2 heteroatoms. The molecule has 1 N–H and O–H groups in total. The molecular formula is C19H22NP. The summed E-state index contributed by atoms with van der Waals surface area (Å²) in [4.78, 5) is 0. The minimum Gasteiger partial charge on any atom is -0.296 e. The van der Waals surface area contributed by atoms with Gasteiger partial charge in [0.15, 0.2) is 0 Å². The molecule has 1 atom stereocenters. The van der Waals surface area contributed by atoms with Crippen LogP contribution in [-0.4, -0.2) is 0 Å². The molecule has 0 spiro atoms. The molecular weight excluding hydrogens is 273 g/mol. The maximum atomic E-state index is 3.27. The van der Waals surface area contributed by atoms with Crippen molar-refractivity contribution in [3.8, 4) is 11.8 Å². The lowest BCUT2D eigenvalue weighted by Gasteiger charge is -1.99. The Morgan fingerprint density at radius 2 is 1.62 bits per heavy atom. The van der Waals surface area contributed by atoms with Crippen LogP contribution in [0.25, 0.3) is 0 Å². The maximum absolute atomic E-state index is 3.27. The fourth-order valence-electron chi connectivity index (χ4n) is 2.18. The third-order valence-electron chi connectivity index (χ3n) is 3.35. The molecule has 108 valence electrons. The van der Waals surface area contributed by atoms with E-state index in [2.05, 4.69) is 80.9 Å². The first-order valence-corrected chi connectivity index (χ1v) is 8.01. The minimum atomic E-state index is 0.873. The summed E-state index contributed by atoms with van der Waals surface area (Å²) in [5.41, 5.74) is 3.80. The van der Waals surface area contributed by atoms with E-state index in [1.165, 1.54) is 17.5 Å². The zero-order valence-corrected chi connectivity index (χ0v) is 13.5. The van der Waals surface area contributed by atoms with Crippen LogP contribution in [0.3, 0.4) is 0 Å². The average Bonchev–Trinajstić information content (AvgIpc) is 2.53. The van der Waals surface area contributed by atoms with Gasteiger partial charge in [0.1, 0.15) is 0 Å². The van der Waals surface area contributed by atoms with E-state index in [4.69, 9.17) is 0 Å². The molecule has 0 saturated carbocycles. The lowest BCUT2D eigenvalue weighted by molar-refractivity contribution is 0.756. The average molecular weight is 295 g/mol. The van der Waals surface area contributed by atoms with Gasteiger partial charge in [0.05, 0.1) is 0 Å². The SMILES string of the molecule is PNCc1ccc(C#CCCCCc2ccccc2)cc1. The topological polar surface area (TPSA) is 12.0 Å². The highest BCUT2D eigenvalue weighted by Crippen LogP contribution is 2.06. The van der Waals surface area contributed by atoms with Crippen LogP contribution in [0.15, 0.2) is 54.6 Å². The fraction of sp³-hybridized carbons (Fsp3) is 0.263. The normalized spacial score (nSPS) is 9.95. The number of rotatable bonds is 6. The molecule has 0 aliphatic carbocycles. The summed E-state index contributed by atoms with van der Waals surface area (Å²) in [6.07, 6.45) is 4.50. The maximum Gasteiger partial charge on any atom is 0.0245 e. The van der Waals surface area contributed by atoms with E-state index in [-0.39, 0.29) is 0 Å². The van der Waals surface area contributed by atoms with Crippen LogP contribution in [-0.2, 0) is 13.0 Å². The Hall–Kier alpha value is -1.61. The first kappa shape index (κ1) is 15.8. The van der Waals surface area contributed by atoms with Gasteiger partial charge in [-0.05, 0) is 42.5 Å². The monoisotopic (exact) mass is 295 g/mol. The van der Waals surface area contributed by atoms with E-state index in [1.807, 2.05) is 0 Å². The molecule has 0 aliphatic heterocycles. The van der Waals surface area contributed by atoms with Gasteiger partial charge in [-0.1, -0.05) is 63.7 Å². The molecule has 0 amide bonds. The van der Waals surface area contributed by atoms with Gasteiger partial charge in [0.2, 0.25) is 0 Å². The largest absolute Gasteiger partial charge is 0.296 e. The highest BCUT2D eigenvalue weighted by molar-refractivity contribution is 7.13. The van der Waals surface area contributed by atoms with Crippen LogP contribution in [0.5, 0.6) is 0 Å². The standard InChI is InChI=1S/C19H22NP/c21-20-16-19-14-12-18(13-15-19)11-5-2-1-4-8-17-9-6-3-7-10-17/h3,6-7,9-10,12-15,20H,1-2,4,8,16,21H2. The van der Waals surface area contributed by atoms with Crippen LogP contribution in [0.1, 0.15) is 36.0 Å². The second-order valence-corrected chi connectivity index (χ2v) is 5.48. The summed E-state index contributed by atoms with van der Waals surface area (Å²) in [5.74, 6) is 6.51. The predicted molar refractivity (Wildman–Crippen MR) is 93.9 cm³/mol. The van der Waals surface area contributed by atoms with Crippen molar-refractivity contribution >= 4 is 9.39 Å². The summed E-state index contributed by atoms with van der Waals surface area (Å²) in [6.45, 7) is 0.873. The van der Waals surface area contributed by atoms with Crippen molar-refractivity contribution in [1.82, 2.24) is 5.09 Å². The molecule has 0 aromatic heterocycles. The Kier molecular flexibility index (Phi) is 7.02. The Bertz CT molecular complexity index is 578. The first-order valence-electron chi connectivity index (χ1n) is 7.43. The summed E-state index contributed by atoms with van der Waals surface area (Å²) in [7, 11) is 2.52. The van der Waals surface area contributed by atoms with Crippen LogP contribution in [0, 0.1) is 11.8 Å². The highest BCUT2D eigenvalue weighted by atomic mass is 31.0. The molecule has 1 unspecified atom stereocenters. The van der Waals surface area contributed by atoms with Gasteiger partial charge in [0.25, 0.3) is 0 Å². The number of aryl methyl sites for hydroxylation is 1. The van der Waals surface area contributed by atoms with E-state index in [1.54, 1.807) is 0 Å². The molecule has 2 rings (SSSR count). The van der Waals surface area contributed by atoms with Gasteiger partial charge in [-0.25, -0.2) is 0 Å². The van der Waals surface area contributed by atoms with Crippen LogP contribution in [0.4, 0.5) is 0 Å². The van der Waals surface area contributed by atoms with Crippen LogP contribution in [0.2, 0.25) is 0 Å². The summed E-state index contributed by atoms with van der Waals surface area (Å²) < 4.78 is 0. The Labute approximate surface area is 130 Å². The summed E-state index contributed by atoms with van der Waals surface area (Å²) >= 11 is 0. The van der Waals surface area contributed by atoms with E-state index < -0.39 is 0 Å². The van der Waals surface area contributed by atoms with E-state index in [0.29, 0.717) is 0 Å². The Morgan fingerprint density at radius 3 is 2.33 bits per heavy atom. The summed E-state index contributed by atoms with van der Waals surface area (Å²) in [6, 6.07) is 19.1. The van der Waals surface area contributed by atoms with Crippen molar-refractivity contribution in [2.24, 2.45) is 0 Å². The summed E-state index contributed by atoms with van der Waals surface area (Å²) in [5, 5.41) is 3.06. The van der Waals surface area contributed by atoms with E-state index in [9.17, 15) is 0 Å². The third-order valence-corrected chi connectivity index (χ3v) is 3.56. The molecule has 21 heavy (non-hydrogen) atoms. The Morgan fingerprint density at radius 1 is 0.857 bits per heavy atom. The quantitative estimate of drug-likeness (QED) is 0.475. The molecule has 1 nitrogen and oxygen atoms in total. The van der Waals surface area contributed by atoms with Crippen molar-refractivity contribution in [3.05, 3.63) is 71.3 Å². The number of hydrogen-bond donors (Lipinski definition) is 1. The highest BCUT2D eigenvalue weighted by Gasteiger charge is 1.92. The molecule has 0 radical (unpaired) electrons. The molecule has 0 fully saturated rings. The van der Waals surface area contributed by atoms with Crippen molar-refractivity contribution < 1.29 is 0 Å². The Balaban J connectivity index is 1.69. The lowest BCUT2D eigenvalue weighted by Crippen LogP contribution is -1.96. The van der Waals surface area contributed by atoms with Crippen molar-refractivity contribution in [2.45, 2.75) is 32.2 Å². The third kappa shape index (κ3) is 6.13. The van der Waals surface area contributed by atoms with Crippen LogP contribution < -0.4 is 5.09 Å². The fourth-order valence-corrected chi connectivity index (χ4v) is 2.41. The number of nitrogens with one attached hydrogen (secondary N) is 1. The van der Waals surface area contributed by atoms with E-state index >= 15 is 0 Å². The molecule has 2 aromatic rings. The molecule has 0 heterocycles. The van der Waals surface area contributed by atoms with Crippen molar-refractivity contribution in [3.63, 3.8) is 0 Å². The molecule has 0 saturated heterocycles. The molecule has 0 aliphatic rings. The van der Waals surface area contributed by atoms with Gasteiger partial charge in [0, 0.05) is 18.5 Å². The zero-order valence-electron chi connectivity index (χ0n) is 12.3. The zero-order chi connectivity index (χ0) is 14.8.